The van der Waals surface area contributed by atoms with Crippen molar-refractivity contribution in [1.29, 1.82) is 0 Å². The first-order chi connectivity index (χ1) is 11.2. The monoisotopic (exact) mass is 356 g/mol. The number of hydrogen-bond acceptors (Lipinski definition) is 11. The van der Waals surface area contributed by atoms with Crippen LogP contribution in [0.2, 0.25) is 0 Å². The Balaban J connectivity index is 2.10. The molecule has 1 unspecified atom stereocenters. The molecular weight excluding hydrogens is 336 g/mol. The summed E-state index contributed by atoms with van der Waals surface area (Å²) in [5.74, 6) is -1.62. The third-order valence-electron chi connectivity index (χ3n) is 3.95. The van der Waals surface area contributed by atoms with Crippen LogP contribution in [0, 0.1) is 0 Å². The molecule has 0 bridgehead atoms. The lowest BCUT2D eigenvalue weighted by molar-refractivity contribution is -0.358. The van der Waals surface area contributed by atoms with Gasteiger partial charge in [0.05, 0.1) is 6.61 Å². The molecule has 2 saturated heterocycles. The van der Waals surface area contributed by atoms with Gasteiger partial charge < -0.3 is 55.1 Å². The largest absolute Gasteiger partial charge is 0.479 e. The van der Waals surface area contributed by atoms with E-state index >= 15 is 0 Å². The summed E-state index contributed by atoms with van der Waals surface area (Å²) in [5.41, 5.74) is 0. The number of rotatable bonds is 4. The molecule has 0 aromatic carbocycles. The summed E-state index contributed by atoms with van der Waals surface area (Å²) >= 11 is 0. The second kappa shape index (κ2) is 7.53. The first-order valence-corrected chi connectivity index (χ1v) is 7.07. The normalized spacial score (nSPS) is 49.8. The third-order valence-corrected chi connectivity index (χ3v) is 3.95. The number of aliphatic hydroxyl groups is 7. The first kappa shape index (κ1) is 19.4. The van der Waals surface area contributed by atoms with Gasteiger partial charge in [0, 0.05) is 0 Å². The van der Waals surface area contributed by atoms with Gasteiger partial charge in [0.1, 0.15) is 42.7 Å². The summed E-state index contributed by atoms with van der Waals surface area (Å²) in [6.45, 7) is -0.721. The quantitative estimate of drug-likeness (QED) is 0.238. The number of carboxylic acids is 1. The summed E-state index contributed by atoms with van der Waals surface area (Å²) in [4.78, 5) is 10.9. The highest BCUT2D eigenvalue weighted by Gasteiger charge is 2.51. The molecule has 2 heterocycles. The Kier molecular flexibility index (Phi) is 6.09. The lowest BCUT2D eigenvalue weighted by Gasteiger charge is -2.44. The van der Waals surface area contributed by atoms with Crippen LogP contribution in [0.15, 0.2) is 0 Å². The fraction of sp³-hybridized carbons (Fsp3) is 0.917. The van der Waals surface area contributed by atoms with Gasteiger partial charge in [0.2, 0.25) is 0 Å². The number of ether oxygens (including phenoxy) is 3. The van der Waals surface area contributed by atoms with Crippen molar-refractivity contribution in [1.82, 2.24) is 0 Å². The molecule has 0 saturated carbocycles. The lowest BCUT2D eigenvalue weighted by atomic mass is 9.97. The van der Waals surface area contributed by atoms with Crippen molar-refractivity contribution in [3.63, 3.8) is 0 Å². The topological polar surface area (TPSA) is 207 Å². The summed E-state index contributed by atoms with van der Waals surface area (Å²) < 4.78 is 14.8. The SMILES string of the molecule is O=C(O)[C@H]1OC(O)[C@H](O[C@@H]2O[C@H](CO)[C@@H](O)[C@H](O)[C@H]2O)[C@@H](O)[C@@H]1O. The minimum absolute atomic E-state index is 0.721. The smallest absolute Gasteiger partial charge is 0.335 e. The minimum atomic E-state index is -1.99. The molecule has 2 aliphatic heterocycles. The van der Waals surface area contributed by atoms with E-state index in [1.54, 1.807) is 0 Å². The van der Waals surface area contributed by atoms with Crippen molar-refractivity contribution in [2.75, 3.05) is 6.61 Å². The Labute approximate surface area is 135 Å². The molecule has 2 rings (SSSR count). The zero-order valence-corrected chi connectivity index (χ0v) is 12.2. The van der Waals surface area contributed by atoms with Gasteiger partial charge in [-0.1, -0.05) is 0 Å². The molecule has 0 aromatic heterocycles. The number of carbonyl (C=O) groups is 1. The fourth-order valence-corrected chi connectivity index (χ4v) is 2.54. The Morgan fingerprint density at radius 2 is 1.50 bits per heavy atom. The first-order valence-electron chi connectivity index (χ1n) is 7.07. The minimum Gasteiger partial charge on any atom is -0.479 e. The molecule has 8 N–H and O–H groups in total. The predicted molar refractivity (Wildman–Crippen MR) is 69.2 cm³/mol. The Hall–Kier alpha value is -0.930. The molecule has 12 nitrogen and oxygen atoms in total. The van der Waals surface area contributed by atoms with E-state index in [9.17, 15) is 35.4 Å². The van der Waals surface area contributed by atoms with Crippen molar-refractivity contribution in [3.05, 3.63) is 0 Å². The van der Waals surface area contributed by atoms with Crippen LogP contribution in [-0.4, -0.2) is 115 Å². The third kappa shape index (κ3) is 3.52. The molecule has 140 valence electrons. The Bertz CT molecular complexity index is 444. The summed E-state index contributed by atoms with van der Waals surface area (Å²) in [7, 11) is 0. The molecule has 0 radical (unpaired) electrons. The highest BCUT2D eigenvalue weighted by atomic mass is 16.7. The maximum Gasteiger partial charge on any atom is 0.335 e. The van der Waals surface area contributed by atoms with Gasteiger partial charge in [-0.3, -0.25) is 0 Å². The molecule has 0 aromatic rings. The molecule has 0 amide bonds. The summed E-state index contributed by atoms with van der Waals surface area (Å²) in [6.07, 6.45) is -17.7. The van der Waals surface area contributed by atoms with Crippen LogP contribution < -0.4 is 0 Å². The summed E-state index contributed by atoms with van der Waals surface area (Å²) in [6, 6.07) is 0. The molecule has 2 aliphatic rings. The van der Waals surface area contributed by atoms with Crippen molar-refractivity contribution in [2.45, 2.75) is 61.4 Å². The van der Waals surface area contributed by atoms with E-state index in [0.29, 0.717) is 0 Å². The number of aliphatic carboxylic acids is 1. The van der Waals surface area contributed by atoms with Crippen LogP contribution in [0.1, 0.15) is 0 Å². The van der Waals surface area contributed by atoms with Crippen LogP contribution >= 0.6 is 0 Å². The van der Waals surface area contributed by atoms with Gasteiger partial charge in [-0.05, 0) is 0 Å². The van der Waals surface area contributed by atoms with Crippen LogP contribution in [0.4, 0.5) is 0 Å². The molecule has 0 aliphatic carbocycles. The Morgan fingerprint density at radius 1 is 0.875 bits per heavy atom. The maximum absolute atomic E-state index is 10.9. The average Bonchev–Trinajstić information content (AvgIpc) is 2.54. The van der Waals surface area contributed by atoms with Crippen molar-refractivity contribution in [3.8, 4) is 0 Å². The Morgan fingerprint density at radius 3 is 2.04 bits per heavy atom. The zero-order chi connectivity index (χ0) is 18.2. The van der Waals surface area contributed by atoms with E-state index in [4.69, 9.17) is 19.7 Å². The van der Waals surface area contributed by atoms with Crippen LogP contribution in [0.25, 0.3) is 0 Å². The second-order valence-electron chi connectivity index (χ2n) is 5.56. The van der Waals surface area contributed by atoms with Gasteiger partial charge in [0.25, 0.3) is 0 Å². The molecular formula is C12H20O12. The zero-order valence-electron chi connectivity index (χ0n) is 12.2. The predicted octanol–water partition coefficient (Wildman–Crippen LogP) is -5.30. The van der Waals surface area contributed by atoms with Crippen LogP contribution in [-0.2, 0) is 19.0 Å². The van der Waals surface area contributed by atoms with Gasteiger partial charge >= 0.3 is 5.97 Å². The maximum atomic E-state index is 10.9. The van der Waals surface area contributed by atoms with Crippen molar-refractivity contribution >= 4 is 5.97 Å². The highest BCUT2D eigenvalue weighted by Crippen LogP contribution is 2.28. The van der Waals surface area contributed by atoms with E-state index in [0.717, 1.165) is 0 Å². The van der Waals surface area contributed by atoms with Gasteiger partial charge in [0.15, 0.2) is 18.7 Å². The van der Waals surface area contributed by atoms with E-state index in [2.05, 4.69) is 4.74 Å². The highest BCUT2D eigenvalue weighted by molar-refractivity contribution is 5.73. The lowest BCUT2D eigenvalue weighted by Crippen LogP contribution is -2.64. The van der Waals surface area contributed by atoms with Gasteiger partial charge in [-0.2, -0.15) is 0 Å². The van der Waals surface area contributed by atoms with Crippen molar-refractivity contribution < 1.29 is 59.9 Å². The van der Waals surface area contributed by atoms with Crippen LogP contribution in [0.3, 0.4) is 0 Å². The van der Waals surface area contributed by atoms with Crippen LogP contribution in [0.5, 0.6) is 0 Å². The number of carboxylic acid groups (broad SMARTS) is 1. The van der Waals surface area contributed by atoms with Crippen molar-refractivity contribution in [2.24, 2.45) is 0 Å². The van der Waals surface area contributed by atoms with Gasteiger partial charge in [-0.25, -0.2) is 4.79 Å². The number of hydrogen-bond donors (Lipinski definition) is 8. The van der Waals surface area contributed by atoms with Gasteiger partial charge in [-0.15, -0.1) is 0 Å². The summed E-state index contributed by atoms with van der Waals surface area (Å²) in [5, 5.41) is 76.4. The fourth-order valence-electron chi connectivity index (χ4n) is 2.54. The molecule has 0 spiro atoms. The molecule has 2 fully saturated rings. The second-order valence-corrected chi connectivity index (χ2v) is 5.56. The molecule has 10 atom stereocenters. The van der Waals surface area contributed by atoms with E-state index in [1.165, 1.54) is 0 Å². The average molecular weight is 356 g/mol. The van der Waals surface area contributed by atoms with E-state index in [1.807, 2.05) is 0 Å². The molecule has 24 heavy (non-hydrogen) atoms. The molecule has 12 heteroatoms. The number of aliphatic hydroxyl groups excluding tert-OH is 7. The van der Waals surface area contributed by atoms with E-state index < -0.39 is 74.0 Å². The van der Waals surface area contributed by atoms with E-state index in [-0.39, 0.29) is 0 Å². The standard InChI is InChI=1S/C12H20O12/c13-1-2-3(14)4(15)7(18)12(22-2)24-9-6(17)5(16)8(10(19)20)23-11(9)21/h2-9,11-18,21H,1H2,(H,19,20)/t2-,3-,4+,5+,6+,7-,8+,9-,11?,12+/m1/s1.